The first-order valence-corrected chi connectivity index (χ1v) is 12.1. The molecule has 0 amide bonds. The van der Waals surface area contributed by atoms with Crippen LogP contribution in [-0.2, 0) is 0 Å². The van der Waals surface area contributed by atoms with Crippen molar-refractivity contribution in [2.75, 3.05) is 0 Å². The molecule has 2 aromatic heterocycles. The van der Waals surface area contributed by atoms with Crippen molar-refractivity contribution in [3.8, 4) is 0 Å². The molecule has 0 aliphatic heterocycles. The summed E-state index contributed by atoms with van der Waals surface area (Å²) >= 11 is 0.388. The third-order valence-corrected chi connectivity index (χ3v) is 9.88. The standard InChI is InChI=1S/C18H17AsO3S/c1-3-19(4-2)14-6-5-12-9-15(18(21)22-16(12)10-14)17(20)13-7-8-23-11-13/h5-11H,3-4H2,1-2H3. The van der Waals surface area contributed by atoms with Crippen LogP contribution in [0.3, 0.4) is 0 Å². The summed E-state index contributed by atoms with van der Waals surface area (Å²) in [4.78, 5) is 24.6. The maximum absolute atomic E-state index is 12.4. The van der Waals surface area contributed by atoms with Crippen molar-refractivity contribution in [3.63, 3.8) is 0 Å². The van der Waals surface area contributed by atoms with Gasteiger partial charge in [0.2, 0.25) is 0 Å². The molecule has 3 aromatic rings. The van der Waals surface area contributed by atoms with E-state index >= 15 is 0 Å². The molecule has 0 aliphatic carbocycles. The molecule has 2 heterocycles. The van der Waals surface area contributed by atoms with E-state index < -0.39 is 20.3 Å². The minimum atomic E-state index is -1.05. The topological polar surface area (TPSA) is 47.3 Å². The van der Waals surface area contributed by atoms with Crippen molar-refractivity contribution in [2.24, 2.45) is 0 Å². The predicted octanol–water partition coefficient (Wildman–Crippen LogP) is 3.83. The molecule has 0 spiro atoms. The van der Waals surface area contributed by atoms with Crippen molar-refractivity contribution >= 4 is 47.1 Å². The molecule has 0 saturated carbocycles. The van der Waals surface area contributed by atoms with Gasteiger partial charge < -0.3 is 0 Å². The van der Waals surface area contributed by atoms with E-state index in [9.17, 15) is 9.59 Å². The van der Waals surface area contributed by atoms with Crippen molar-refractivity contribution in [3.05, 3.63) is 62.6 Å². The van der Waals surface area contributed by atoms with Crippen LogP contribution in [0, 0.1) is 0 Å². The third kappa shape index (κ3) is 3.19. The van der Waals surface area contributed by atoms with Gasteiger partial charge in [-0.15, -0.1) is 0 Å². The Kier molecular flexibility index (Phi) is 4.84. The van der Waals surface area contributed by atoms with Crippen molar-refractivity contribution in [1.82, 2.24) is 0 Å². The van der Waals surface area contributed by atoms with Crippen LogP contribution in [0.25, 0.3) is 11.0 Å². The first-order chi connectivity index (χ1) is 11.1. The molecule has 1 aromatic carbocycles. The summed E-state index contributed by atoms with van der Waals surface area (Å²) in [5.41, 5.74) is 0.653. The predicted molar refractivity (Wildman–Crippen MR) is 96.6 cm³/mol. The number of thiophene rings is 1. The second-order valence-corrected chi connectivity index (χ2v) is 12.0. The summed E-state index contributed by atoms with van der Waals surface area (Å²) in [6.07, 6.45) is 0. The Bertz CT molecular complexity index is 892. The van der Waals surface area contributed by atoms with E-state index in [0.29, 0.717) is 11.1 Å². The van der Waals surface area contributed by atoms with E-state index in [1.807, 2.05) is 17.5 Å². The van der Waals surface area contributed by atoms with Gasteiger partial charge in [0.15, 0.2) is 0 Å². The van der Waals surface area contributed by atoms with Gasteiger partial charge in [0, 0.05) is 0 Å². The minimum absolute atomic E-state index is 0.101. The molecule has 5 heteroatoms. The van der Waals surface area contributed by atoms with E-state index in [-0.39, 0.29) is 11.3 Å². The number of fused-ring (bicyclic) bond motifs is 1. The van der Waals surface area contributed by atoms with Gasteiger partial charge in [-0.3, -0.25) is 0 Å². The van der Waals surface area contributed by atoms with Crippen molar-refractivity contribution < 1.29 is 9.21 Å². The van der Waals surface area contributed by atoms with Gasteiger partial charge in [-0.1, -0.05) is 0 Å². The third-order valence-electron chi connectivity index (χ3n) is 3.88. The van der Waals surface area contributed by atoms with Crippen LogP contribution in [0.15, 0.2) is 50.3 Å². The summed E-state index contributed by atoms with van der Waals surface area (Å²) in [5.74, 6) is -0.277. The molecule has 0 unspecified atom stereocenters. The first kappa shape index (κ1) is 16.2. The van der Waals surface area contributed by atoms with Gasteiger partial charge in [-0.25, -0.2) is 0 Å². The van der Waals surface area contributed by atoms with Crippen LogP contribution < -0.4 is 9.98 Å². The normalized spacial score (nSPS) is 11.3. The molecular weight excluding hydrogens is 371 g/mol. The van der Waals surface area contributed by atoms with Gasteiger partial charge in [0.1, 0.15) is 0 Å². The number of carbonyl (C=O) groups is 1. The zero-order valence-corrected chi connectivity index (χ0v) is 15.7. The van der Waals surface area contributed by atoms with Crippen LogP contribution in [0.1, 0.15) is 29.8 Å². The summed E-state index contributed by atoms with van der Waals surface area (Å²) in [6, 6.07) is 9.45. The second kappa shape index (κ2) is 6.86. The Hall–Kier alpha value is -1.64. The van der Waals surface area contributed by atoms with Crippen LogP contribution >= 0.6 is 11.3 Å². The number of rotatable bonds is 5. The molecule has 0 aliphatic rings. The fourth-order valence-electron chi connectivity index (χ4n) is 2.59. The average Bonchev–Trinajstić information content (AvgIpc) is 3.09. The van der Waals surface area contributed by atoms with Gasteiger partial charge in [0.05, 0.1) is 0 Å². The van der Waals surface area contributed by atoms with Crippen molar-refractivity contribution in [2.45, 2.75) is 24.3 Å². The zero-order valence-electron chi connectivity index (χ0n) is 13.0. The molecule has 3 rings (SSSR count). The Morgan fingerprint density at radius 2 is 1.96 bits per heavy atom. The molecule has 0 atom stereocenters. The van der Waals surface area contributed by atoms with Gasteiger partial charge in [-0.2, -0.15) is 0 Å². The Labute approximate surface area is 143 Å². The second-order valence-electron chi connectivity index (χ2n) is 5.18. The SMILES string of the molecule is CC[As](CC)c1ccc2cc(C(=O)c3ccsc3)c(=O)oc2c1. The first-order valence-electron chi connectivity index (χ1n) is 7.53. The fraction of sp³-hybridized carbons (Fsp3) is 0.222. The van der Waals surface area contributed by atoms with E-state index in [0.717, 1.165) is 5.39 Å². The molecule has 23 heavy (non-hydrogen) atoms. The van der Waals surface area contributed by atoms with Crippen LogP contribution in [0.5, 0.6) is 0 Å². The van der Waals surface area contributed by atoms with Crippen LogP contribution in [0.2, 0.25) is 10.4 Å². The Balaban J connectivity index is 2.07. The summed E-state index contributed by atoms with van der Waals surface area (Å²) in [5, 5.41) is 6.74. The summed E-state index contributed by atoms with van der Waals surface area (Å²) in [6.45, 7) is 4.43. The molecule has 0 N–H and O–H groups in total. The molecular formula is C18H17AsO3S. The average molecular weight is 388 g/mol. The number of ketones is 1. The van der Waals surface area contributed by atoms with E-state index in [1.54, 1.807) is 17.5 Å². The van der Waals surface area contributed by atoms with Crippen LogP contribution in [-0.4, -0.2) is 20.4 Å². The Morgan fingerprint density at radius 3 is 2.61 bits per heavy atom. The monoisotopic (exact) mass is 388 g/mol. The van der Waals surface area contributed by atoms with Crippen LogP contribution in [0.4, 0.5) is 0 Å². The van der Waals surface area contributed by atoms with Gasteiger partial charge in [0.25, 0.3) is 0 Å². The molecule has 0 bridgehead atoms. The maximum atomic E-state index is 12.4. The fourth-order valence-corrected chi connectivity index (χ4v) is 6.93. The molecule has 0 radical (unpaired) electrons. The van der Waals surface area contributed by atoms with Crippen molar-refractivity contribution in [1.29, 1.82) is 0 Å². The number of carbonyl (C=O) groups excluding carboxylic acids is 1. The molecule has 118 valence electrons. The van der Waals surface area contributed by atoms with E-state index in [4.69, 9.17) is 4.42 Å². The quantitative estimate of drug-likeness (QED) is 0.379. The van der Waals surface area contributed by atoms with Gasteiger partial charge in [-0.05, 0) is 0 Å². The number of hydrogen-bond donors (Lipinski definition) is 0. The zero-order chi connectivity index (χ0) is 16.4. The van der Waals surface area contributed by atoms with Gasteiger partial charge >= 0.3 is 143 Å². The number of hydrogen-bond acceptors (Lipinski definition) is 4. The summed E-state index contributed by atoms with van der Waals surface area (Å²) in [7, 11) is 0. The van der Waals surface area contributed by atoms with E-state index in [2.05, 4.69) is 19.9 Å². The summed E-state index contributed by atoms with van der Waals surface area (Å²) < 4.78 is 6.76. The molecule has 0 fully saturated rings. The number of benzene rings is 1. The van der Waals surface area contributed by atoms with E-state index in [1.165, 1.54) is 26.1 Å². The molecule has 3 nitrogen and oxygen atoms in total. The molecule has 0 saturated heterocycles. The Morgan fingerprint density at radius 1 is 1.17 bits per heavy atom.